The highest BCUT2D eigenvalue weighted by Gasteiger charge is 2.16. The molecule has 0 spiro atoms. The summed E-state index contributed by atoms with van der Waals surface area (Å²) in [5.41, 5.74) is 6.51. The maximum Gasteiger partial charge on any atom is 0.260 e. The number of nitrogens with two attached hydrogens (primary N) is 1. The molecular formula is C16H25ClN2O2. The van der Waals surface area contributed by atoms with Crippen LogP contribution in [-0.4, -0.2) is 25.1 Å². The SMILES string of the molecule is CC(C)CCNC(=O)C(C)Oc1ccc(Cl)cc1CCN. The summed E-state index contributed by atoms with van der Waals surface area (Å²) in [6.07, 6.45) is 1.07. The van der Waals surface area contributed by atoms with Gasteiger partial charge in [-0.05, 0) is 56.0 Å². The normalized spacial score (nSPS) is 12.3. The van der Waals surface area contributed by atoms with E-state index in [9.17, 15) is 4.79 Å². The lowest BCUT2D eigenvalue weighted by atomic mass is 10.1. The first-order valence-electron chi connectivity index (χ1n) is 7.37. The molecule has 0 aromatic heterocycles. The van der Waals surface area contributed by atoms with Gasteiger partial charge in [-0.25, -0.2) is 0 Å². The molecule has 0 saturated carbocycles. The third-order valence-corrected chi connectivity index (χ3v) is 3.37. The van der Waals surface area contributed by atoms with E-state index in [-0.39, 0.29) is 5.91 Å². The number of hydrogen-bond acceptors (Lipinski definition) is 3. The molecule has 0 radical (unpaired) electrons. The highest BCUT2D eigenvalue weighted by Crippen LogP contribution is 2.24. The molecule has 0 bridgehead atoms. The fraction of sp³-hybridized carbons (Fsp3) is 0.562. The first-order chi connectivity index (χ1) is 9.93. The lowest BCUT2D eigenvalue weighted by molar-refractivity contribution is -0.127. The molecule has 3 N–H and O–H groups in total. The molecular weight excluding hydrogens is 288 g/mol. The molecule has 1 rings (SSSR count). The Morgan fingerprint density at radius 1 is 1.38 bits per heavy atom. The molecule has 0 aliphatic heterocycles. The maximum atomic E-state index is 12.0. The van der Waals surface area contributed by atoms with Gasteiger partial charge in [0.1, 0.15) is 5.75 Å². The standard InChI is InChI=1S/C16H25ClN2O2/c1-11(2)7-9-19-16(20)12(3)21-15-5-4-14(17)10-13(15)6-8-18/h4-5,10-12H,6-9,18H2,1-3H3,(H,19,20). The first kappa shape index (κ1) is 17.8. The van der Waals surface area contributed by atoms with Gasteiger partial charge in [-0.15, -0.1) is 0 Å². The second-order valence-corrected chi connectivity index (χ2v) is 5.96. The van der Waals surface area contributed by atoms with Crippen LogP contribution in [0.5, 0.6) is 5.75 Å². The predicted octanol–water partition coefficient (Wildman–Crippen LogP) is 2.77. The summed E-state index contributed by atoms with van der Waals surface area (Å²) in [5.74, 6) is 1.12. The summed E-state index contributed by atoms with van der Waals surface area (Å²) in [6.45, 7) is 7.16. The Bertz CT molecular complexity index is 464. The second-order valence-electron chi connectivity index (χ2n) is 5.52. The quantitative estimate of drug-likeness (QED) is 0.776. The number of halogens is 1. The van der Waals surface area contributed by atoms with Crippen LogP contribution in [0.15, 0.2) is 18.2 Å². The van der Waals surface area contributed by atoms with Gasteiger partial charge in [0.15, 0.2) is 6.10 Å². The molecule has 0 heterocycles. The predicted molar refractivity (Wildman–Crippen MR) is 86.8 cm³/mol. The molecule has 1 unspecified atom stereocenters. The van der Waals surface area contributed by atoms with Gasteiger partial charge in [-0.2, -0.15) is 0 Å². The number of nitrogens with one attached hydrogen (secondary N) is 1. The summed E-state index contributed by atoms with van der Waals surface area (Å²) in [7, 11) is 0. The van der Waals surface area contributed by atoms with E-state index in [2.05, 4.69) is 19.2 Å². The average molecular weight is 313 g/mol. The minimum Gasteiger partial charge on any atom is -0.481 e. The van der Waals surface area contributed by atoms with Crippen LogP contribution in [0.2, 0.25) is 5.02 Å². The van der Waals surface area contributed by atoms with Gasteiger partial charge in [0, 0.05) is 11.6 Å². The second kappa shape index (κ2) is 8.90. The monoisotopic (exact) mass is 312 g/mol. The number of ether oxygens (including phenoxy) is 1. The number of rotatable bonds is 8. The summed E-state index contributed by atoms with van der Waals surface area (Å²) in [5, 5.41) is 3.52. The molecule has 1 aromatic carbocycles. The average Bonchev–Trinajstić information content (AvgIpc) is 2.41. The van der Waals surface area contributed by atoms with Gasteiger partial charge >= 0.3 is 0 Å². The number of hydrogen-bond donors (Lipinski definition) is 2. The van der Waals surface area contributed by atoms with E-state index in [0.717, 1.165) is 12.0 Å². The molecule has 1 aromatic rings. The fourth-order valence-electron chi connectivity index (χ4n) is 1.89. The maximum absolute atomic E-state index is 12.0. The zero-order valence-corrected chi connectivity index (χ0v) is 13.7. The fourth-order valence-corrected chi connectivity index (χ4v) is 2.08. The van der Waals surface area contributed by atoms with Crippen molar-refractivity contribution in [2.45, 2.75) is 39.7 Å². The van der Waals surface area contributed by atoms with Crippen LogP contribution in [0.25, 0.3) is 0 Å². The van der Waals surface area contributed by atoms with Crippen molar-refractivity contribution in [1.29, 1.82) is 0 Å². The molecule has 1 atom stereocenters. The Hall–Kier alpha value is -1.26. The molecule has 0 fully saturated rings. The Morgan fingerprint density at radius 2 is 2.10 bits per heavy atom. The lowest BCUT2D eigenvalue weighted by Crippen LogP contribution is -2.37. The number of carbonyl (C=O) groups is 1. The van der Waals surface area contributed by atoms with Gasteiger partial charge in [-0.1, -0.05) is 25.4 Å². The van der Waals surface area contributed by atoms with Crippen molar-refractivity contribution in [2.24, 2.45) is 11.7 Å². The van der Waals surface area contributed by atoms with Gasteiger partial charge < -0.3 is 15.8 Å². The zero-order chi connectivity index (χ0) is 15.8. The van der Waals surface area contributed by atoms with Crippen LogP contribution in [0.4, 0.5) is 0 Å². The molecule has 118 valence electrons. The van der Waals surface area contributed by atoms with E-state index in [4.69, 9.17) is 22.1 Å². The third kappa shape index (κ3) is 6.36. The zero-order valence-electron chi connectivity index (χ0n) is 13.0. The third-order valence-electron chi connectivity index (χ3n) is 3.13. The summed E-state index contributed by atoms with van der Waals surface area (Å²) in [4.78, 5) is 12.0. The Morgan fingerprint density at radius 3 is 2.71 bits per heavy atom. The molecule has 5 heteroatoms. The van der Waals surface area contributed by atoms with E-state index in [1.54, 1.807) is 19.1 Å². The van der Waals surface area contributed by atoms with Crippen LogP contribution in [0.3, 0.4) is 0 Å². The molecule has 21 heavy (non-hydrogen) atoms. The molecule has 4 nitrogen and oxygen atoms in total. The van der Waals surface area contributed by atoms with Crippen LogP contribution < -0.4 is 15.8 Å². The van der Waals surface area contributed by atoms with Gasteiger partial charge in [0.25, 0.3) is 5.91 Å². The van der Waals surface area contributed by atoms with Crippen molar-refractivity contribution in [1.82, 2.24) is 5.32 Å². The van der Waals surface area contributed by atoms with Crippen molar-refractivity contribution >= 4 is 17.5 Å². The van der Waals surface area contributed by atoms with E-state index >= 15 is 0 Å². The van der Waals surface area contributed by atoms with Crippen molar-refractivity contribution in [2.75, 3.05) is 13.1 Å². The highest BCUT2D eigenvalue weighted by molar-refractivity contribution is 6.30. The van der Waals surface area contributed by atoms with E-state index in [1.165, 1.54) is 0 Å². The Balaban J connectivity index is 2.61. The van der Waals surface area contributed by atoms with Crippen molar-refractivity contribution in [3.63, 3.8) is 0 Å². The van der Waals surface area contributed by atoms with Crippen molar-refractivity contribution in [3.8, 4) is 5.75 Å². The molecule has 0 aliphatic rings. The van der Waals surface area contributed by atoms with Crippen LogP contribution in [0.1, 0.15) is 32.8 Å². The van der Waals surface area contributed by atoms with Crippen LogP contribution >= 0.6 is 11.6 Å². The van der Waals surface area contributed by atoms with Crippen LogP contribution in [0, 0.1) is 5.92 Å². The Kier molecular flexibility index (Phi) is 7.54. The number of amides is 1. The number of benzene rings is 1. The number of carbonyl (C=O) groups excluding carboxylic acids is 1. The lowest BCUT2D eigenvalue weighted by Gasteiger charge is -2.17. The van der Waals surface area contributed by atoms with E-state index < -0.39 is 6.10 Å². The van der Waals surface area contributed by atoms with Gasteiger partial charge in [0.05, 0.1) is 0 Å². The largest absolute Gasteiger partial charge is 0.481 e. The smallest absolute Gasteiger partial charge is 0.260 e. The first-order valence-corrected chi connectivity index (χ1v) is 7.74. The topological polar surface area (TPSA) is 64.3 Å². The molecule has 0 aliphatic carbocycles. The van der Waals surface area contributed by atoms with Crippen molar-refractivity contribution < 1.29 is 9.53 Å². The minimum atomic E-state index is -0.546. The molecule has 0 saturated heterocycles. The molecule has 1 amide bonds. The minimum absolute atomic E-state index is 0.107. The van der Waals surface area contributed by atoms with Crippen molar-refractivity contribution in [3.05, 3.63) is 28.8 Å². The summed E-state index contributed by atoms with van der Waals surface area (Å²) < 4.78 is 5.75. The van der Waals surface area contributed by atoms with Gasteiger partial charge in [0.2, 0.25) is 0 Å². The van der Waals surface area contributed by atoms with Crippen LogP contribution in [-0.2, 0) is 11.2 Å². The van der Waals surface area contributed by atoms with E-state index in [0.29, 0.717) is 36.2 Å². The summed E-state index contributed by atoms with van der Waals surface area (Å²) >= 11 is 5.97. The van der Waals surface area contributed by atoms with Gasteiger partial charge in [-0.3, -0.25) is 4.79 Å². The Labute approximate surface area is 132 Å². The van der Waals surface area contributed by atoms with E-state index in [1.807, 2.05) is 6.07 Å². The summed E-state index contributed by atoms with van der Waals surface area (Å²) in [6, 6.07) is 5.36. The highest BCUT2D eigenvalue weighted by atomic mass is 35.5.